The zero-order valence-electron chi connectivity index (χ0n) is 7.97. The van der Waals surface area contributed by atoms with Crippen LogP contribution >= 0.6 is 0 Å². The summed E-state index contributed by atoms with van der Waals surface area (Å²) in [5, 5.41) is 0. The molecule has 0 radical (unpaired) electrons. The maximum atomic E-state index is 5.92. The lowest BCUT2D eigenvalue weighted by Gasteiger charge is -2.19. The Morgan fingerprint density at radius 2 is 2.08 bits per heavy atom. The van der Waals surface area contributed by atoms with Gasteiger partial charge in [-0.2, -0.15) is 0 Å². The fraction of sp³-hybridized carbons (Fsp3) is 0.556. The van der Waals surface area contributed by atoms with E-state index in [9.17, 15) is 0 Å². The number of rotatable bonds is 4. The van der Waals surface area contributed by atoms with Crippen LogP contribution in [0.3, 0.4) is 0 Å². The maximum absolute atomic E-state index is 5.92. The molecule has 0 aliphatic heterocycles. The molecule has 2 unspecified atom stereocenters. The average molecular weight is 181 g/mol. The molecule has 0 amide bonds. The summed E-state index contributed by atoms with van der Waals surface area (Å²) in [6.07, 6.45) is 4.91. The van der Waals surface area contributed by atoms with Crippen molar-refractivity contribution in [3.8, 4) is 0 Å². The minimum Gasteiger partial charge on any atom is -0.377 e. The van der Waals surface area contributed by atoms with E-state index < -0.39 is 0 Å². The molecule has 4 heteroatoms. The van der Waals surface area contributed by atoms with E-state index in [4.69, 9.17) is 10.5 Å². The van der Waals surface area contributed by atoms with Crippen molar-refractivity contribution in [1.29, 1.82) is 0 Å². The van der Waals surface area contributed by atoms with E-state index in [0.717, 1.165) is 5.56 Å². The molecule has 0 saturated carbocycles. The van der Waals surface area contributed by atoms with Gasteiger partial charge in [-0.25, -0.2) is 9.97 Å². The predicted molar refractivity (Wildman–Crippen MR) is 50.0 cm³/mol. The third kappa shape index (κ3) is 2.75. The van der Waals surface area contributed by atoms with Crippen molar-refractivity contribution in [2.45, 2.75) is 26.0 Å². The largest absolute Gasteiger partial charge is 0.377 e. The molecule has 13 heavy (non-hydrogen) atoms. The van der Waals surface area contributed by atoms with Crippen LogP contribution in [0, 0.1) is 0 Å². The first kappa shape index (κ1) is 10.1. The molecule has 0 bridgehead atoms. The van der Waals surface area contributed by atoms with E-state index in [1.807, 2.05) is 13.8 Å². The van der Waals surface area contributed by atoms with Gasteiger partial charge in [-0.05, 0) is 13.8 Å². The van der Waals surface area contributed by atoms with Crippen molar-refractivity contribution in [3.05, 3.63) is 24.3 Å². The number of nitrogens with two attached hydrogens (primary N) is 1. The molecule has 1 heterocycles. The number of aromatic nitrogens is 2. The van der Waals surface area contributed by atoms with E-state index in [1.165, 1.54) is 6.33 Å². The highest BCUT2D eigenvalue weighted by molar-refractivity contribution is 5.09. The van der Waals surface area contributed by atoms with Gasteiger partial charge in [0.25, 0.3) is 0 Å². The van der Waals surface area contributed by atoms with Crippen LogP contribution in [0.15, 0.2) is 18.7 Å². The Labute approximate surface area is 78.1 Å². The Bertz CT molecular complexity index is 240. The topological polar surface area (TPSA) is 61.0 Å². The number of hydrogen-bond acceptors (Lipinski definition) is 4. The van der Waals surface area contributed by atoms with E-state index in [1.54, 1.807) is 12.4 Å². The second kappa shape index (κ2) is 4.89. The Morgan fingerprint density at radius 1 is 1.46 bits per heavy atom. The van der Waals surface area contributed by atoms with Crippen molar-refractivity contribution in [2.24, 2.45) is 5.73 Å². The molecule has 0 fully saturated rings. The summed E-state index contributed by atoms with van der Waals surface area (Å²) in [6.45, 7) is 4.56. The van der Waals surface area contributed by atoms with E-state index in [-0.39, 0.29) is 12.1 Å². The molecule has 72 valence electrons. The van der Waals surface area contributed by atoms with Crippen molar-refractivity contribution in [2.75, 3.05) is 6.61 Å². The third-order valence-electron chi connectivity index (χ3n) is 1.90. The summed E-state index contributed by atoms with van der Waals surface area (Å²) in [5.74, 6) is 0. The van der Waals surface area contributed by atoms with Gasteiger partial charge in [-0.1, -0.05) is 0 Å². The molecule has 2 N–H and O–H groups in total. The number of hydrogen-bond donors (Lipinski definition) is 1. The summed E-state index contributed by atoms with van der Waals surface area (Å²) in [4.78, 5) is 7.80. The van der Waals surface area contributed by atoms with Gasteiger partial charge in [0.15, 0.2) is 0 Å². The minimum atomic E-state index is -0.152. The van der Waals surface area contributed by atoms with Crippen LogP contribution < -0.4 is 5.73 Å². The Hall–Kier alpha value is -1.00. The smallest absolute Gasteiger partial charge is 0.115 e. The molecule has 0 spiro atoms. The number of ether oxygens (including phenoxy) is 1. The standard InChI is InChI=1S/C9H15N3O/c1-3-13-7(2)9(10)8-4-11-6-12-5-8/h4-7,9H,3,10H2,1-2H3. The summed E-state index contributed by atoms with van der Waals surface area (Å²) in [5.41, 5.74) is 6.83. The molecule has 0 saturated heterocycles. The highest BCUT2D eigenvalue weighted by atomic mass is 16.5. The molecule has 1 aromatic heterocycles. The lowest BCUT2D eigenvalue weighted by molar-refractivity contribution is 0.0573. The monoisotopic (exact) mass is 181 g/mol. The molecule has 1 rings (SSSR count). The van der Waals surface area contributed by atoms with Gasteiger partial charge >= 0.3 is 0 Å². The van der Waals surface area contributed by atoms with Crippen LogP contribution in [0.4, 0.5) is 0 Å². The fourth-order valence-corrected chi connectivity index (χ4v) is 1.12. The van der Waals surface area contributed by atoms with Crippen LogP contribution in [-0.2, 0) is 4.74 Å². The van der Waals surface area contributed by atoms with Crippen LogP contribution in [0.5, 0.6) is 0 Å². The highest BCUT2D eigenvalue weighted by Gasteiger charge is 2.14. The Kier molecular flexibility index (Phi) is 3.79. The molecular weight excluding hydrogens is 166 g/mol. The summed E-state index contributed by atoms with van der Waals surface area (Å²) < 4.78 is 5.38. The van der Waals surface area contributed by atoms with Crippen molar-refractivity contribution in [3.63, 3.8) is 0 Å². The second-order valence-electron chi connectivity index (χ2n) is 2.86. The van der Waals surface area contributed by atoms with Gasteiger partial charge < -0.3 is 10.5 Å². The van der Waals surface area contributed by atoms with Crippen molar-refractivity contribution < 1.29 is 4.74 Å². The average Bonchev–Trinajstić information content (AvgIpc) is 2.18. The molecule has 4 nitrogen and oxygen atoms in total. The Balaban J connectivity index is 2.62. The van der Waals surface area contributed by atoms with Gasteiger partial charge in [0.1, 0.15) is 6.33 Å². The normalized spacial score (nSPS) is 15.3. The summed E-state index contributed by atoms with van der Waals surface area (Å²) >= 11 is 0. The fourth-order valence-electron chi connectivity index (χ4n) is 1.12. The zero-order valence-corrected chi connectivity index (χ0v) is 7.97. The lowest BCUT2D eigenvalue weighted by Crippen LogP contribution is -2.26. The van der Waals surface area contributed by atoms with E-state index >= 15 is 0 Å². The quantitative estimate of drug-likeness (QED) is 0.749. The highest BCUT2D eigenvalue weighted by Crippen LogP contribution is 2.13. The SMILES string of the molecule is CCOC(C)C(N)c1cncnc1. The minimum absolute atomic E-state index is 0.00370. The molecular formula is C9H15N3O. The lowest BCUT2D eigenvalue weighted by atomic mass is 10.1. The van der Waals surface area contributed by atoms with Crippen molar-refractivity contribution >= 4 is 0 Å². The van der Waals surface area contributed by atoms with E-state index in [2.05, 4.69) is 9.97 Å². The molecule has 2 atom stereocenters. The zero-order chi connectivity index (χ0) is 9.68. The molecule has 0 aliphatic carbocycles. The summed E-state index contributed by atoms with van der Waals surface area (Å²) in [7, 11) is 0. The van der Waals surface area contributed by atoms with E-state index in [0.29, 0.717) is 6.61 Å². The molecule has 0 aliphatic rings. The first-order valence-electron chi connectivity index (χ1n) is 4.37. The first-order chi connectivity index (χ1) is 6.25. The van der Waals surface area contributed by atoms with Crippen LogP contribution in [0.2, 0.25) is 0 Å². The first-order valence-corrected chi connectivity index (χ1v) is 4.37. The second-order valence-corrected chi connectivity index (χ2v) is 2.86. The van der Waals surface area contributed by atoms with Gasteiger partial charge in [0.2, 0.25) is 0 Å². The van der Waals surface area contributed by atoms with Crippen molar-refractivity contribution in [1.82, 2.24) is 9.97 Å². The molecule has 0 aromatic carbocycles. The van der Waals surface area contributed by atoms with Gasteiger partial charge in [0.05, 0.1) is 12.1 Å². The summed E-state index contributed by atoms with van der Waals surface area (Å²) in [6, 6.07) is -0.152. The van der Waals surface area contributed by atoms with Crippen LogP contribution in [0.1, 0.15) is 25.5 Å². The van der Waals surface area contributed by atoms with Gasteiger partial charge in [0, 0.05) is 24.6 Å². The molecule has 1 aromatic rings. The maximum Gasteiger partial charge on any atom is 0.115 e. The third-order valence-corrected chi connectivity index (χ3v) is 1.90. The van der Waals surface area contributed by atoms with Gasteiger partial charge in [-0.15, -0.1) is 0 Å². The Morgan fingerprint density at radius 3 is 2.62 bits per heavy atom. The van der Waals surface area contributed by atoms with Crippen LogP contribution in [-0.4, -0.2) is 22.7 Å². The number of nitrogens with zero attached hydrogens (tertiary/aromatic N) is 2. The predicted octanol–water partition coefficient (Wildman–Crippen LogP) is 0.901. The van der Waals surface area contributed by atoms with Gasteiger partial charge in [-0.3, -0.25) is 0 Å². The van der Waals surface area contributed by atoms with Crippen LogP contribution in [0.25, 0.3) is 0 Å².